The molecule has 1 aromatic rings. The molecule has 0 spiro atoms. The number of benzene rings is 1. The lowest BCUT2D eigenvalue weighted by atomic mass is 10.0. The number of carbonyl (C=O) groups is 2. The number of rotatable bonds is 6. The molecule has 9 heteroatoms. The summed E-state index contributed by atoms with van der Waals surface area (Å²) in [6.45, 7) is 4.74. The van der Waals surface area contributed by atoms with Crippen molar-refractivity contribution in [1.82, 2.24) is 16.0 Å². The van der Waals surface area contributed by atoms with E-state index >= 15 is 0 Å². The summed E-state index contributed by atoms with van der Waals surface area (Å²) in [5.41, 5.74) is -0.712. The second-order valence-corrected chi connectivity index (χ2v) is 6.52. The molecule has 0 saturated carbocycles. The minimum atomic E-state index is -0.986. The Hall–Kier alpha value is -1.77. The third kappa shape index (κ3) is 5.36. The van der Waals surface area contributed by atoms with Crippen molar-refractivity contribution in [2.24, 2.45) is 11.8 Å². The summed E-state index contributed by atoms with van der Waals surface area (Å²) in [4.78, 5) is 24.6. The van der Waals surface area contributed by atoms with Crippen molar-refractivity contribution in [3.05, 3.63) is 35.4 Å². The van der Waals surface area contributed by atoms with Gasteiger partial charge >= 0.3 is 0 Å². The van der Waals surface area contributed by atoms with Gasteiger partial charge in [-0.25, -0.2) is 8.78 Å². The fraction of sp³-hybridized carbons (Fsp3) is 0.529. The summed E-state index contributed by atoms with van der Waals surface area (Å²) >= 11 is 0. The zero-order chi connectivity index (χ0) is 18.6. The first-order valence-electron chi connectivity index (χ1n) is 8.22. The van der Waals surface area contributed by atoms with Gasteiger partial charge in [0.05, 0.1) is 6.10 Å². The Bertz CT molecular complexity index is 625. The van der Waals surface area contributed by atoms with Gasteiger partial charge in [0.25, 0.3) is 5.91 Å². The largest absolute Gasteiger partial charge is 0.391 e. The van der Waals surface area contributed by atoms with E-state index in [-0.39, 0.29) is 30.8 Å². The third-order valence-electron chi connectivity index (χ3n) is 4.27. The summed E-state index contributed by atoms with van der Waals surface area (Å²) in [6, 6.07) is 2.18. The summed E-state index contributed by atoms with van der Waals surface area (Å²) < 4.78 is 27.4. The van der Waals surface area contributed by atoms with Gasteiger partial charge < -0.3 is 21.1 Å². The van der Waals surface area contributed by atoms with Gasteiger partial charge in [-0.15, -0.1) is 12.4 Å². The predicted octanol–water partition coefficient (Wildman–Crippen LogP) is 0.838. The average Bonchev–Trinajstić information content (AvgIpc) is 2.95. The van der Waals surface area contributed by atoms with Gasteiger partial charge in [-0.1, -0.05) is 19.9 Å². The van der Waals surface area contributed by atoms with Crippen LogP contribution in [0.2, 0.25) is 0 Å². The quantitative estimate of drug-likeness (QED) is 0.578. The molecule has 1 fully saturated rings. The van der Waals surface area contributed by atoms with Crippen LogP contribution in [0.15, 0.2) is 18.2 Å². The fourth-order valence-corrected chi connectivity index (χ4v) is 2.73. The molecule has 2 rings (SSSR count). The first-order chi connectivity index (χ1) is 11.8. The van der Waals surface area contributed by atoms with Gasteiger partial charge in [-0.05, 0) is 18.1 Å². The maximum absolute atomic E-state index is 13.7. The van der Waals surface area contributed by atoms with Crippen molar-refractivity contribution in [2.45, 2.75) is 26.0 Å². The molecule has 1 saturated heterocycles. The molecule has 3 atom stereocenters. The van der Waals surface area contributed by atoms with Crippen molar-refractivity contribution in [2.75, 3.05) is 19.6 Å². The molecule has 1 aromatic carbocycles. The van der Waals surface area contributed by atoms with E-state index in [0.717, 1.165) is 18.2 Å². The Balaban J connectivity index is 0.00000338. The van der Waals surface area contributed by atoms with Crippen LogP contribution in [-0.4, -0.2) is 48.7 Å². The number of halogens is 3. The van der Waals surface area contributed by atoms with E-state index in [1.165, 1.54) is 0 Å². The van der Waals surface area contributed by atoms with Crippen LogP contribution in [-0.2, 0) is 4.79 Å². The lowest BCUT2D eigenvalue weighted by Crippen LogP contribution is -2.51. The van der Waals surface area contributed by atoms with Crippen molar-refractivity contribution in [1.29, 1.82) is 0 Å². The molecule has 0 aromatic heterocycles. The predicted molar refractivity (Wildman–Crippen MR) is 95.1 cm³/mol. The van der Waals surface area contributed by atoms with Crippen LogP contribution >= 0.6 is 12.4 Å². The molecule has 0 bridgehead atoms. The van der Waals surface area contributed by atoms with Crippen LogP contribution < -0.4 is 16.0 Å². The standard InChI is InChI=1S/C17H23F2N3O3.ClH/c1-9(2)15(17(25)21-7-10-6-20-8-13(10)23)22-16(24)14-11(18)4-3-5-12(14)19;/h3-5,9-10,13,15,20,23H,6-8H2,1-2H3,(H,21,25)(H,22,24);1H/t10?,13?,15-;/m0./s1. The highest BCUT2D eigenvalue weighted by molar-refractivity contribution is 5.98. The van der Waals surface area contributed by atoms with Gasteiger partial charge in [0, 0.05) is 25.6 Å². The molecule has 6 nitrogen and oxygen atoms in total. The highest BCUT2D eigenvalue weighted by Crippen LogP contribution is 2.13. The van der Waals surface area contributed by atoms with Crippen LogP contribution in [0.25, 0.3) is 0 Å². The van der Waals surface area contributed by atoms with Gasteiger partial charge in [-0.2, -0.15) is 0 Å². The molecule has 2 amide bonds. The number of carbonyl (C=O) groups excluding carboxylic acids is 2. The number of hydrogen-bond acceptors (Lipinski definition) is 4. The lowest BCUT2D eigenvalue weighted by Gasteiger charge is -2.23. The van der Waals surface area contributed by atoms with Crippen molar-refractivity contribution in [3.63, 3.8) is 0 Å². The van der Waals surface area contributed by atoms with E-state index in [1.54, 1.807) is 13.8 Å². The van der Waals surface area contributed by atoms with Crippen LogP contribution in [0.4, 0.5) is 8.78 Å². The topological polar surface area (TPSA) is 90.5 Å². The minimum absolute atomic E-state index is 0. The van der Waals surface area contributed by atoms with Crippen LogP contribution in [0, 0.1) is 23.5 Å². The van der Waals surface area contributed by atoms with Gasteiger partial charge in [0.1, 0.15) is 23.2 Å². The van der Waals surface area contributed by atoms with Gasteiger partial charge in [-0.3, -0.25) is 9.59 Å². The second-order valence-electron chi connectivity index (χ2n) is 6.52. The maximum Gasteiger partial charge on any atom is 0.257 e. The number of amides is 2. The highest BCUT2D eigenvalue weighted by atomic mass is 35.5. The van der Waals surface area contributed by atoms with Gasteiger partial charge in [0.2, 0.25) is 5.91 Å². The number of aliphatic hydroxyl groups is 1. The van der Waals surface area contributed by atoms with Crippen molar-refractivity contribution < 1.29 is 23.5 Å². The van der Waals surface area contributed by atoms with Crippen molar-refractivity contribution >= 4 is 24.2 Å². The molecule has 1 heterocycles. The Labute approximate surface area is 157 Å². The SMILES string of the molecule is CC(C)[C@H](NC(=O)c1c(F)cccc1F)C(=O)NCC1CNCC1O.Cl. The number of hydrogen-bond donors (Lipinski definition) is 4. The molecule has 4 N–H and O–H groups in total. The van der Waals surface area contributed by atoms with Crippen molar-refractivity contribution in [3.8, 4) is 0 Å². The molecular formula is C17H24ClF2N3O3. The van der Waals surface area contributed by atoms with E-state index in [2.05, 4.69) is 16.0 Å². The normalized spacial score (nSPS) is 20.4. The van der Waals surface area contributed by atoms with Crippen LogP contribution in [0.1, 0.15) is 24.2 Å². The minimum Gasteiger partial charge on any atom is -0.391 e. The molecular weight excluding hydrogens is 368 g/mol. The van der Waals surface area contributed by atoms with E-state index in [9.17, 15) is 23.5 Å². The summed E-state index contributed by atoms with van der Waals surface area (Å²) in [5, 5.41) is 17.8. The zero-order valence-electron chi connectivity index (χ0n) is 14.6. The molecule has 0 aliphatic carbocycles. The molecule has 26 heavy (non-hydrogen) atoms. The third-order valence-corrected chi connectivity index (χ3v) is 4.27. The summed E-state index contributed by atoms with van der Waals surface area (Å²) in [5.74, 6) is -3.81. The number of nitrogens with one attached hydrogen (secondary N) is 3. The van der Waals surface area contributed by atoms with Gasteiger partial charge in [0.15, 0.2) is 0 Å². The Morgan fingerprint density at radius 3 is 2.38 bits per heavy atom. The van der Waals surface area contributed by atoms with E-state index in [0.29, 0.717) is 13.1 Å². The lowest BCUT2D eigenvalue weighted by molar-refractivity contribution is -0.124. The van der Waals surface area contributed by atoms with E-state index in [1.807, 2.05) is 0 Å². The smallest absolute Gasteiger partial charge is 0.257 e. The van der Waals surface area contributed by atoms with E-state index in [4.69, 9.17) is 0 Å². The van der Waals surface area contributed by atoms with Crippen LogP contribution in [0.3, 0.4) is 0 Å². The summed E-state index contributed by atoms with van der Waals surface area (Å²) in [6.07, 6.45) is -0.542. The zero-order valence-corrected chi connectivity index (χ0v) is 15.4. The Morgan fingerprint density at radius 1 is 1.27 bits per heavy atom. The average molecular weight is 392 g/mol. The molecule has 146 valence electrons. The van der Waals surface area contributed by atoms with E-state index < -0.39 is 41.2 Å². The Morgan fingerprint density at radius 2 is 1.88 bits per heavy atom. The molecule has 2 unspecified atom stereocenters. The molecule has 0 radical (unpaired) electrons. The fourth-order valence-electron chi connectivity index (χ4n) is 2.73. The first-order valence-corrected chi connectivity index (χ1v) is 8.22. The maximum atomic E-state index is 13.7. The Kier molecular flexibility index (Phi) is 8.39. The number of β-amino-alcohol motifs (C(OH)–C–C–N with tert-alkyl or cyclic N) is 1. The molecule has 1 aliphatic heterocycles. The monoisotopic (exact) mass is 391 g/mol. The highest BCUT2D eigenvalue weighted by Gasteiger charge is 2.29. The molecule has 1 aliphatic rings. The second kappa shape index (κ2) is 9.80. The van der Waals surface area contributed by atoms with Crippen LogP contribution in [0.5, 0.6) is 0 Å². The number of aliphatic hydroxyl groups excluding tert-OH is 1. The summed E-state index contributed by atoms with van der Waals surface area (Å²) in [7, 11) is 0. The first kappa shape index (κ1) is 22.3.